The minimum absolute atomic E-state index is 0.373. The van der Waals surface area contributed by atoms with Crippen molar-refractivity contribution < 1.29 is 9.53 Å². The number of thiophene rings is 1. The molecular formula is C21H37N5O2S. The van der Waals surface area contributed by atoms with Crippen LogP contribution < -0.4 is 16.0 Å². The average molecular weight is 424 g/mol. The third-order valence-corrected chi connectivity index (χ3v) is 5.66. The number of amides is 1. The topological polar surface area (TPSA) is 78.0 Å². The molecule has 0 fully saturated rings. The molecule has 2 heterocycles. The van der Waals surface area contributed by atoms with Crippen molar-refractivity contribution in [3.8, 4) is 0 Å². The molecule has 0 saturated carbocycles. The van der Waals surface area contributed by atoms with Gasteiger partial charge in [0.25, 0.3) is 0 Å². The lowest BCUT2D eigenvalue weighted by Gasteiger charge is -2.31. The Kier molecular flexibility index (Phi) is 9.23. The van der Waals surface area contributed by atoms with E-state index in [1.165, 1.54) is 10.4 Å². The van der Waals surface area contributed by atoms with Crippen molar-refractivity contribution in [1.82, 2.24) is 20.9 Å². The Morgan fingerprint density at radius 2 is 2.07 bits per heavy atom. The minimum atomic E-state index is -0.469. The Morgan fingerprint density at radius 1 is 1.31 bits per heavy atom. The first-order chi connectivity index (χ1) is 13.8. The summed E-state index contributed by atoms with van der Waals surface area (Å²) in [6.07, 6.45) is 1.57. The van der Waals surface area contributed by atoms with Crippen LogP contribution >= 0.6 is 11.3 Å². The SMILES string of the molecule is CCNC(=NCC(C)N1CCc2sccc2C1)NCCCNC(=O)OC(C)(C)C. The van der Waals surface area contributed by atoms with Gasteiger partial charge in [0.05, 0.1) is 6.54 Å². The lowest BCUT2D eigenvalue weighted by Crippen LogP contribution is -2.42. The third-order valence-electron chi connectivity index (χ3n) is 4.63. The first kappa shape index (κ1) is 23.5. The van der Waals surface area contributed by atoms with E-state index >= 15 is 0 Å². The Balaban J connectivity index is 1.70. The van der Waals surface area contributed by atoms with Gasteiger partial charge in [0, 0.05) is 43.6 Å². The number of alkyl carbamates (subject to hydrolysis) is 1. The number of rotatable bonds is 8. The summed E-state index contributed by atoms with van der Waals surface area (Å²) in [6.45, 7) is 14.9. The second-order valence-electron chi connectivity index (χ2n) is 8.37. The third kappa shape index (κ3) is 8.62. The molecule has 3 N–H and O–H groups in total. The quantitative estimate of drug-likeness (QED) is 0.340. The van der Waals surface area contributed by atoms with Gasteiger partial charge >= 0.3 is 6.09 Å². The first-order valence-corrected chi connectivity index (χ1v) is 11.4. The number of ether oxygens (including phenoxy) is 1. The highest BCUT2D eigenvalue weighted by molar-refractivity contribution is 7.10. The fourth-order valence-electron chi connectivity index (χ4n) is 3.13. The van der Waals surface area contributed by atoms with Crippen LogP contribution in [0.2, 0.25) is 0 Å². The van der Waals surface area contributed by atoms with Crippen molar-refractivity contribution in [2.24, 2.45) is 4.99 Å². The molecule has 0 aliphatic carbocycles. The van der Waals surface area contributed by atoms with Crippen LogP contribution in [0.25, 0.3) is 0 Å². The van der Waals surface area contributed by atoms with Crippen LogP contribution in [0.15, 0.2) is 16.4 Å². The van der Waals surface area contributed by atoms with Crippen LogP contribution in [-0.4, -0.2) is 61.3 Å². The smallest absolute Gasteiger partial charge is 0.407 e. The summed E-state index contributed by atoms with van der Waals surface area (Å²) in [5, 5.41) is 11.6. The molecule has 0 radical (unpaired) electrons. The van der Waals surface area contributed by atoms with E-state index in [1.807, 2.05) is 32.1 Å². The first-order valence-electron chi connectivity index (χ1n) is 10.6. The minimum Gasteiger partial charge on any atom is -0.444 e. The zero-order chi connectivity index (χ0) is 21.3. The van der Waals surface area contributed by atoms with Crippen LogP contribution in [-0.2, 0) is 17.7 Å². The summed E-state index contributed by atoms with van der Waals surface area (Å²) >= 11 is 1.87. The second-order valence-corrected chi connectivity index (χ2v) is 9.37. The fraction of sp³-hybridized carbons (Fsp3) is 0.714. The number of fused-ring (bicyclic) bond motifs is 1. The Morgan fingerprint density at radius 3 is 2.79 bits per heavy atom. The van der Waals surface area contributed by atoms with Crippen molar-refractivity contribution in [2.75, 3.05) is 32.7 Å². The van der Waals surface area contributed by atoms with E-state index in [0.29, 0.717) is 12.6 Å². The predicted octanol–water partition coefficient (Wildman–Crippen LogP) is 2.96. The highest BCUT2D eigenvalue weighted by Crippen LogP contribution is 2.25. The molecule has 1 atom stereocenters. The summed E-state index contributed by atoms with van der Waals surface area (Å²) in [7, 11) is 0. The molecule has 1 amide bonds. The number of carbonyl (C=O) groups excluding carboxylic acids is 1. The van der Waals surface area contributed by atoms with Gasteiger partial charge < -0.3 is 20.7 Å². The molecule has 1 aromatic rings. The zero-order valence-electron chi connectivity index (χ0n) is 18.5. The van der Waals surface area contributed by atoms with Gasteiger partial charge in [-0.05, 0) is 64.5 Å². The monoisotopic (exact) mass is 423 g/mol. The lowest BCUT2D eigenvalue weighted by molar-refractivity contribution is 0.0527. The van der Waals surface area contributed by atoms with Crippen molar-refractivity contribution in [3.63, 3.8) is 0 Å². The van der Waals surface area contributed by atoms with Crippen LogP contribution in [0.3, 0.4) is 0 Å². The number of hydrogen-bond donors (Lipinski definition) is 3. The van der Waals surface area contributed by atoms with E-state index in [9.17, 15) is 4.79 Å². The molecule has 1 aromatic heterocycles. The molecule has 7 nitrogen and oxygen atoms in total. The molecule has 1 aliphatic rings. The van der Waals surface area contributed by atoms with Crippen LogP contribution in [0.5, 0.6) is 0 Å². The molecular weight excluding hydrogens is 386 g/mol. The summed E-state index contributed by atoms with van der Waals surface area (Å²) in [5.41, 5.74) is 1.00. The molecule has 0 spiro atoms. The van der Waals surface area contributed by atoms with Gasteiger partial charge in [-0.25, -0.2) is 4.79 Å². The van der Waals surface area contributed by atoms with Crippen molar-refractivity contribution in [3.05, 3.63) is 21.9 Å². The standard InChI is InChI=1S/C21H37N5O2S/c1-6-22-19(23-10-7-11-24-20(27)28-21(3,4)5)25-14-16(2)26-12-8-18-17(15-26)9-13-29-18/h9,13,16H,6-8,10-12,14-15H2,1-5H3,(H,24,27)(H2,22,23,25). The van der Waals surface area contributed by atoms with E-state index < -0.39 is 5.60 Å². The van der Waals surface area contributed by atoms with E-state index in [2.05, 4.69) is 46.1 Å². The van der Waals surface area contributed by atoms with E-state index in [1.54, 1.807) is 0 Å². The maximum absolute atomic E-state index is 11.7. The highest BCUT2D eigenvalue weighted by atomic mass is 32.1. The van der Waals surface area contributed by atoms with E-state index in [-0.39, 0.29) is 6.09 Å². The number of carbonyl (C=O) groups is 1. The van der Waals surface area contributed by atoms with Crippen molar-refractivity contribution in [1.29, 1.82) is 0 Å². The highest BCUT2D eigenvalue weighted by Gasteiger charge is 2.21. The van der Waals surface area contributed by atoms with Crippen LogP contribution in [0.1, 0.15) is 51.5 Å². The predicted molar refractivity (Wildman–Crippen MR) is 121 cm³/mol. The molecule has 0 aromatic carbocycles. The summed E-state index contributed by atoms with van der Waals surface area (Å²) in [4.78, 5) is 20.4. The number of nitrogens with zero attached hydrogens (tertiary/aromatic N) is 2. The van der Waals surface area contributed by atoms with Gasteiger partial charge in [0.1, 0.15) is 5.60 Å². The maximum Gasteiger partial charge on any atom is 0.407 e. The van der Waals surface area contributed by atoms with Gasteiger partial charge in [0.15, 0.2) is 5.96 Å². The Hall–Kier alpha value is -1.80. The van der Waals surface area contributed by atoms with E-state index in [0.717, 1.165) is 51.5 Å². The zero-order valence-corrected chi connectivity index (χ0v) is 19.3. The number of guanidine groups is 1. The Labute approximate surface area is 179 Å². The van der Waals surface area contributed by atoms with Crippen LogP contribution in [0, 0.1) is 0 Å². The molecule has 2 rings (SSSR count). The summed E-state index contributed by atoms with van der Waals surface area (Å²) in [5.74, 6) is 0.824. The molecule has 0 saturated heterocycles. The summed E-state index contributed by atoms with van der Waals surface area (Å²) in [6, 6.07) is 2.64. The molecule has 29 heavy (non-hydrogen) atoms. The van der Waals surface area contributed by atoms with Crippen molar-refractivity contribution in [2.45, 2.75) is 65.6 Å². The van der Waals surface area contributed by atoms with Gasteiger partial charge in [-0.2, -0.15) is 0 Å². The van der Waals surface area contributed by atoms with Crippen LogP contribution in [0.4, 0.5) is 4.79 Å². The number of hydrogen-bond acceptors (Lipinski definition) is 5. The normalized spacial score (nSPS) is 16.1. The molecule has 164 valence electrons. The molecule has 0 bridgehead atoms. The average Bonchev–Trinajstić information content (AvgIpc) is 3.11. The van der Waals surface area contributed by atoms with Gasteiger partial charge in [-0.1, -0.05) is 0 Å². The van der Waals surface area contributed by atoms with Gasteiger partial charge in [-0.15, -0.1) is 11.3 Å². The molecule has 8 heteroatoms. The maximum atomic E-state index is 11.7. The van der Waals surface area contributed by atoms with Gasteiger partial charge in [0.2, 0.25) is 0 Å². The Bertz CT molecular complexity index is 668. The number of nitrogens with one attached hydrogen (secondary N) is 3. The number of aliphatic imine (C=N–C) groups is 1. The van der Waals surface area contributed by atoms with Gasteiger partial charge in [-0.3, -0.25) is 9.89 Å². The molecule has 1 unspecified atom stereocenters. The lowest BCUT2D eigenvalue weighted by atomic mass is 10.1. The summed E-state index contributed by atoms with van der Waals surface area (Å²) < 4.78 is 5.23. The van der Waals surface area contributed by atoms with E-state index in [4.69, 9.17) is 9.73 Å². The fourth-order valence-corrected chi connectivity index (χ4v) is 4.02. The second kappa shape index (κ2) is 11.4. The van der Waals surface area contributed by atoms with Crippen molar-refractivity contribution >= 4 is 23.4 Å². The molecule has 1 aliphatic heterocycles. The largest absolute Gasteiger partial charge is 0.444 e.